The smallest absolute Gasteiger partial charge is 0.332 e. The first-order chi connectivity index (χ1) is 8.32. The van der Waals surface area contributed by atoms with Crippen LogP contribution in [0.4, 0.5) is 0 Å². The summed E-state index contributed by atoms with van der Waals surface area (Å²) in [6, 6.07) is 0.143. The van der Waals surface area contributed by atoms with Crippen LogP contribution in [0.2, 0.25) is 0 Å². The van der Waals surface area contributed by atoms with Gasteiger partial charge in [0.15, 0.2) is 6.10 Å². The fraction of sp³-hybridized carbons (Fsp3) is 0.846. The van der Waals surface area contributed by atoms with Crippen molar-refractivity contribution in [2.45, 2.75) is 58.3 Å². The van der Waals surface area contributed by atoms with Crippen molar-refractivity contribution in [1.82, 2.24) is 4.90 Å². The average molecular weight is 257 g/mol. The molecule has 104 valence electrons. The number of rotatable bonds is 5. The predicted octanol–water partition coefficient (Wildman–Crippen LogP) is 1.51. The van der Waals surface area contributed by atoms with Crippen molar-refractivity contribution in [3.63, 3.8) is 0 Å². The number of likely N-dealkylation sites (N-methyl/N-ethyl adjacent to an activating group) is 1. The van der Waals surface area contributed by atoms with Gasteiger partial charge < -0.3 is 14.7 Å². The number of carbonyl (C=O) groups excluding carboxylic acids is 1. The molecule has 0 aromatic carbocycles. The van der Waals surface area contributed by atoms with Gasteiger partial charge in [-0.2, -0.15) is 0 Å². The molecule has 18 heavy (non-hydrogen) atoms. The molecule has 3 atom stereocenters. The molecule has 0 saturated carbocycles. The van der Waals surface area contributed by atoms with Gasteiger partial charge in [0.25, 0.3) is 5.91 Å². The second kappa shape index (κ2) is 6.18. The molecule has 1 fully saturated rings. The van der Waals surface area contributed by atoms with E-state index in [0.717, 1.165) is 6.42 Å². The largest absolute Gasteiger partial charge is 0.479 e. The zero-order chi connectivity index (χ0) is 13.9. The van der Waals surface area contributed by atoms with E-state index >= 15 is 0 Å². The summed E-state index contributed by atoms with van der Waals surface area (Å²) in [4.78, 5) is 24.6. The highest BCUT2D eigenvalue weighted by Crippen LogP contribution is 2.22. The monoisotopic (exact) mass is 257 g/mol. The third-order valence-electron chi connectivity index (χ3n) is 3.39. The lowest BCUT2D eigenvalue weighted by Crippen LogP contribution is -2.42. The summed E-state index contributed by atoms with van der Waals surface area (Å²) >= 11 is 0. The Kier molecular flexibility index (Phi) is 5.14. The SMILES string of the molecule is CC(C)CC(C)N(C)C(=O)C1CCC(C(=O)O)O1. The van der Waals surface area contributed by atoms with Crippen LogP contribution in [0.25, 0.3) is 0 Å². The van der Waals surface area contributed by atoms with E-state index in [1.165, 1.54) is 0 Å². The van der Waals surface area contributed by atoms with Crippen LogP contribution in [0.1, 0.15) is 40.0 Å². The molecule has 1 heterocycles. The first-order valence-corrected chi connectivity index (χ1v) is 6.47. The van der Waals surface area contributed by atoms with E-state index in [0.29, 0.717) is 18.8 Å². The molecule has 5 heteroatoms. The summed E-state index contributed by atoms with van der Waals surface area (Å²) in [5, 5.41) is 8.83. The highest BCUT2D eigenvalue weighted by Gasteiger charge is 2.36. The molecule has 1 rings (SSSR count). The van der Waals surface area contributed by atoms with E-state index in [2.05, 4.69) is 13.8 Å². The number of hydrogen-bond donors (Lipinski definition) is 1. The fourth-order valence-corrected chi connectivity index (χ4v) is 2.29. The van der Waals surface area contributed by atoms with Crippen LogP contribution in [0.3, 0.4) is 0 Å². The summed E-state index contributed by atoms with van der Waals surface area (Å²) in [6.45, 7) is 6.23. The topological polar surface area (TPSA) is 66.8 Å². The van der Waals surface area contributed by atoms with Gasteiger partial charge in [-0.15, -0.1) is 0 Å². The molecule has 0 aromatic heterocycles. The summed E-state index contributed by atoms with van der Waals surface area (Å²) in [6.07, 6.45) is 0.419. The maximum atomic E-state index is 12.1. The zero-order valence-corrected chi connectivity index (χ0v) is 11.5. The summed E-state index contributed by atoms with van der Waals surface area (Å²) < 4.78 is 5.27. The van der Waals surface area contributed by atoms with Crippen LogP contribution >= 0.6 is 0 Å². The number of carbonyl (C=O) groups is 2. The van der Waals surface area contributed by atoms with Gasteiger partial charge in [0, 0.05) is 13.1 Å². The lowest BCUT2D eigenvalue weighted by atomic mass is 10.0. The molecule has 0 bridgehead atoms. The van der Waals surface area contributed by atoms with Crippen LogP contribution in [-0.4, -0.2) is 47.2 Å². The molecule has 3 unspecified atom stereocenters. The van der Waals surface area contributed by atoms with Crippen molar-refractivity contribution in [1.29, 1.82) is 0 Å². The Morgan fingerprint density at radius 3 is 2.28 bits per heavy atom. The molecule has 0 radical (unpaired) electrons. The lowest BCUT2D eigenvalue weighted by Gasteiger charge is -2.28. The molecule has 1 amide bonds. The maximum absolute atomic E-state index is 12.1. The number of carboxylic acid groups (broad SMARTS) is 1. The minimum Gasteiger partial charge on any atom is -0.479 e. The number of carboxylic acids is 1. The van der Waals surface area contributed by atoms with Crippen molar-refractivity contribution in [2.75, 3.05) is 7.05 Å². The summed E-state index contributed by atoms with van der Waals surface area (Å²) in [5.74, 6) is -0.568. The van der Waals surface area contributed by atoms with E-state index in [4.69, 9.17) is 9.84 Å². The quantitative estimate of drug-likeness (QED) is 0.810. The van der Waals surface area contributed by atoms with E-state index in [1.54, 1.807) is 11.9 Å². The number of hydrogen-bond acceptors (Lipinski definition) is 3. The summed E-state index contributed by atoms with van der Waals surface area (Å²) in [5.41, 5.74) is 0. The molecule has 1 N–H and O–H groups in total. The van der Waals surface area contributed by atoms with Crippen LogP contribution in [0.5, 0.6) is 0 Å². The standard InChI is InChI=1S/C13H23NO4/c1-8(2)7-9(3)14(4)12(15)10-5-6-11(18-10)13(16)17/h8-11H,5-7H2,1-4H3,(H,16,17). The van der Waals surface area contributed by atoms with Crippen LogP contribution < -0.4 is 0 Å². The fourth-order valence-electron chi connectivity index (χ4n) is 2.29. The second-order valence-electron chi connectivity index (χ2n) is 5.46. The first kappa shape index (κ1) is 15.0. The molecule has 0 aromatic rings. The Hall–Kier alpha value is -1.10. The molecule has 5 nitrogen and oxygen atoms in total. The van der Waals surface area contributed by atoms with Crippen molar-refractivity contribution in [3.8, 4) is 0 Å². The molecule has 1 aliphatic rings. The normalized spacial score (nSPS) is 25.2. The van der Waals surface area contributed by atoms with E-state index < -0.39 is 18.2 Å². The van der Waals surface area contributed by atoms with Crippen molar-refractivity contribution in [2.24, 2.45) is 5.92 Å². The Balaban J connectivity index is 2.52. The van der Waals surface area contributed by atoms with E-state index in [-0.39, 0.29) is 11.9 Å². The van der Waals surface area contributed by atoms with Gasteiger partial charge >= 0.3 is 5.97 Å². The number of ether oxygens (including phenoxy) is 1. The highest BCUT2D eigenvalue weighted by atomic mass is 16.5. The lowest BCUT2D eigenvalue weighted by molar-refractivity contribution is -0.155. The molecule has 1 saturated heterocycles. The van der Waals surface area contributed by atoms with Crippen LogP contribution in [0, 0.1) is 5.92 Å². The minimum absolute atomic E-state index is 0.105. The molecular formula is C13H23NO4. The van der Waals surface area contributed by atoms with E-state index in [9.17, 15) is 9.59 Å². The van der Waals surface area contributed by atoms with Gasteiger partial charge in [-0.25, -0.2) is 4.79 Å². The number of aliphatic carboxylic acids is 1. The predicted molar refractivity (Wildman–Crippen MR) is 67.2 cm³/mol. The van der Waals surface area contributed by atoms with Gasteiger partial charge in [-0.05, 0) is 32.1 Å². The molecule has 0 aliphatic carbocycles. The second-order valence-corrected chi connectivity index (χ2v) is 5.46. The Morgan fingerprint density at radius 1 is 1.28 bits per heavy atom. The highest BCUT2D eigenvalue weighted by molar-refractivity contribution is 5.82. The Labute approximate surface area is 108 Å². The Bertz CT molecular complexity index is 316. The third kappa shape index (κ3) is 3.70. The third-order valence-corrected chi connectivity index (χ3v) is 3.39. The van der Waals surface area contributed by atoms with E-state index in [1.807, 2.05) is 6.92 Å². The van der Waals surface area contributed by atoms with Gasteiger partial charge in [-0.1, -0.05) is 13.8 Å². The van der Waals surface area contributed by atoms with Crippen LogP contribution in [-0.2, 0) is 14.3 Å². The van der Waals surface area contributed by atoms with Crippen molar-refractivity contribution >= 4 is 11.9 Å². The maximum Gasteiger partial charge on any atom is 0.332 e. The zero-order valence-electron chi connectivity index (χ0n) is 11.5. The van der Waals surface area contributed by atoms with Gasteiger partial charge in [0.05, 0.1) is 0 Å². The Morgan fingerprint density at radius 2 is 1.83 bits per heavy atom. The number of amides is 1. The number of nitrogens with zero attached hydrogens (tertiary/aromatic N) is 1. The molecular weight excluding hydrogens is 234 g/mol. The van der Waals surface area contributed by atoms with Gasteiger partial charge in [0.2, 0.25) is 0 Å². The molecule has 1 aliphatic heterocycles. The minimum atomic E-state index is -0.983. The first-order valence-electron chi connectivity index (χ1n) is 6.47. The average Bonchev–Trinajstić information content (AvgIpc) is 2.75. The van der Waals surface area contributed by atoms with Crippen LogP contribution in [0.15, 0.2) is 0 Å². The van der Waals surface area contributed by atoms with Crippen molar-refractivity contribution in [3.05, 3.63) is 0 Å². The van der Waals surface area contributed by atoms with Gasteiger partial charge in [-0.3, -0.25) is 4.79 Å². The summed E-state index contributed by atoms with van der Waals surface area (Å²) in [7, 11) is 1.76. The molecule has 0 spiro atoms. The van der Waals surface area contributed by atoms with Crippen molar-refractivity contribution < 1.29 is 19.4 Å². The van der Waals surface area contributed by atoms with Gasteiger partial charge in [0.1, 0.15) is 6.10 Å².